The number of methoxy groups -OCH3 is 2. The second-order valence-corrected chi connectivity index (χ2v) is 7.05. The first-order valence-electron chi connectivity index (χ1n) is 9.65. The molecule has 0 aliphatic carbocycles. The molecule has 158 valence electrons. The van der Waals surface area contributed by atoms with Crippen molar-refractivity contribution < 1.29 is 19.1 Å². The van der Waals surface area contributed by atoms with E-state index in [1.54, 1.807) is 24.3 Å². The van der Waals surface area contributed by atoms with Crippen LogP contribution in [-0.4, -0.2) is 67.2 Å². The molecule has 0 aromatic heterocycles. The third-order valence-electron chi connectivity index (χ3n) is 5.20. The number of allylic oxidation sites excluding steroid dienone is 1. The molecule has 1 heterocycles. The molecule has 0 unspecified atom stereocenters. The highest BCUT2D eigenvalue weighted by Gasteiger charge is 2.34. The van der Waals surface area contributed by atoms with Crippen LogP contribution >= 0.6 is 12.2 Å². The normalized spacial score (nSPS) is 16.7. The molecule has 0 fully saturated rings. The summed E-state index contributed by atoms with van der Waals surface area (Å²) in [6.45, 7) is 9.53. The van der Waals surface area contributed by atoms with Gasteiger partial charge in [-0.3, -0.25) is 0 Å². The first-order chi connectivity index (χ1) is 13.9. The quantitative estimate of drug-likeness (QED) is 0.509. The van der Waals surface area contributed by atoms with Crippen LogP contribution < -0.4 is 5.32 Å². The maximum Gasteiger partial charge on any atom is 0.337 e. The molecule has 0 spiro atoms. The Hall–Kier alpha value is -2.45. The SMILES string of the molecule is CCN(CC)CCN1C(=S)N[C@@H](c2ccc(C(=O)OC)cc2)C(C(=O)OC)=C1C. The Morgan fingerprint density at radius 3 is 2.21 bits per heavy atom. The zero-order valence-electron chi connectivity index (χ0n) is 17.7. The van der Waals surface area contributed by atoms with Crippen molar-refractivity contribution >= 4 is 29.3 Å². The summed E-state index contributed by atoms with van der Waals surface area (Å²) >= 11 is 5.60. The van der Waals surface area contributed by atoms with Gasteiger partial charge in [0.25, 0.3) is 0 Å². The highest BCUT2D eigenvalue weighted by molar-refractivity contribution is 7.80. The van der Waals surface area contributed by atoms with Crippen molar-refractivity contribution in [3.8, 4) is 0 Å². The van der Waals surface area contributed by atoms with Gasteiger partial charge in [-0.25, -0.2) is 9.59 Å². The summed E-state index contributed by atoms with van der Waals surface area (Å²) < 4.78 is 9.79. The number of nitrogens with one attached hydrogen (secondary N) is 1. The zero-order valence-corrected chi connectivity index (χ0v) is 18.5. The lowest BCUT2D eigenvalue weighted by atomic mass is 9.94. The lowest BCUT2D eigenvalue weighted by Gasteiger charge is -2.38. The number of nitrogens with zero attached hydrogens (tertiary/aromatic N) is 2. The predicted molar refractivity (Wildman–Crippen MR) is 115 cm³/mol. The van der Waals surface area contributed by atoms with Gasteiger partial charge in [0, 0.05) is 18.8 Å². The molecule has 1 aromatic carbocycles. The van der Waals surface area contributed by atoms with Gasteiger partial charge in [-0.2, -0.15) is 0 Å². The van der Waals surface area contributed by atoms with Crippen molar-refractivity contribution in [2.45, 2.75) is 26.8 Å². The van der Waals surface area contributed by atoms with Gasteiger partial charge >= 0.3 is 11.9 Å². The van der Waals surface area contributed by atoms with Crippen LogP contribution in [0.3, 0.4) is 0 Å². The molecule has 29 heavy (non-hydrogen) atoms. The third-order valence-corrected chi connectivity index (χ3v) is 5.54. The van der Waals surface area contributed by atoms with E-state index in [0.29, 0.717) is 22.8 Å². The van der Waals surface area contributed by atoms with Crippen molar-refractivity contribution in [1.29, 1.82) is 0 Å². The number of rotatable bonds is 8. The minimum absolute atomic E-state index is 0.410. The summed E-state index contributed by atoms with van der Waals surface area (Å²) in [5.74, 6) is -0.821. The minimum Gasteiger partial charge on any atom is -0.466 e. The summed E-state index contributed by atoms with van der Waals surface area (Å²) in [6.07, 6.45) is 0. The first-order valence-corrected chi connectivity index (χ1v) is 10.1. The van der Waals surface area contributed by atoms with E-state index in [4.69, 9.17) is 21.7 Å². The van der Waals surface area contributed by atoms with Crippen molar-refractivity contribution in [3.63, 3.8) is 0 Å². The van der Waals surface area contributed by atoms with Crippen molar-refractivity contribution in [3.05, 3.63) is 46.7 Å². The monoisotopic (exact) mass is 419 g/mol. The Balaban J connectivity index is 2.37. The predicted octanol–water partition coefficient (Wildman–Crippen LogP) is 2.49. The van der Waals surface area contributed by atoms with Gasteiger partial charge in [0.1, 0.15) is 0 Å². The number of hydrogen-bond donors (Lipinski definition) is 1. The fraction of sp³-hybridized carbons (Fsp3) is 0.476. The standard InChI is InChI=1S/C21H29N3O4S/c1-6-23(7-2)12-13-24-14(3)17(20(26)28-5)18(22-21(24)29)15-8-10-16(11-9-15)19(25)27-4/h8-11,18H,6-7,12-13H2,1-5H3,(H,22,29)/t18-/m0/s1. The molecule has 1 N–H and O–H groups in total. The molecule has 1 atom stereocenters. The van der Waals surface area contributed by atoms with E-state index >= 15 is 0 Å². The van der Waals surface area contributed by atoms with Gasteiger partial charge in [0.2, 0.25) is 0 Å². The summed E-state index contributed by atoms with van der Waals surface area (Å²) in [5.41, 5.74) is 2.53. The molecule has 8 heteroatoms. The fourth-order valence-electron chi connectivity index (χ4n) is 3.39. The van der Waals surface area contributed by atoms with Crippen LogP contribution in [0.5, 0.6) is 0 Å². The minimum atomic E-state index is -0.452. The Labute approximate surface area is 177 Å². The van der Waals surface area contributed by atoms with Crippen LogP contribution in [0, 0.1) is 0 Å². The first kappa shape index (κ1) is 22.8. The van der Waals surface area contributed by atoms with E-state index in [1.807, 2.05) is 11.8 Å². The maximum atomic E-state index is 12.6. The van der Waals surface area contributed by atoms with Gasteiger partial charge in [-0.1, -0.05) is 26.0 Å². The van der Waals surface area contributed by atoms with E-state index in [-0.39, 0.29) is 0 Å². The van der Waals surface area contributed by atoms with E-state index in [0.717, 1.165) is 30.9 Å². The van der Waals surface area contributed by atoms with E-state index in [9.17, 15) is 9.59 Å². The molecular formula is C21H29N3O4S. The van der Waals surface area contributed by atoms with Crippen LogP contribution in [0.1, 0.15) is 42.7 Å². The second kappa shape index (κ2) is 10.4. The fourth-order valence-corrected chi connectivity index (χ4v) is 3.73. The zero-order chi connectivity index (χ0) is 21.6. The highest BCUT2D eigenvalue weighted by atomic mass is 32.1. The van der Waals surface area contributed by atoms with Crippen LogP contribution in [0.15, 0.2) is 35.5 Å². The average molecular weight is 420 g/mol. The molecular weight excluding hydrogens is 390 g/mol. The van der Waals surface area contributed by atoms with Gasteiger partial charge < -0.3 is 24.6 Å². The number of esters is 2. The number of thiocarbonyl (C=S) groups is 1. The summed E-state index contributed by atoms with van der Waals surface area (Å²) in [4.78, 5) is 28.5. The number of likely N-dealkylation sites (N-methyl/N-ethyl adjacent to an activating group) is 1. The van der Waals surface area contributed by atoms with E-state index in [1.165, 1.54) is 14.2 Å². The number of carbonyl (C=O) groups is 2. The largest absolute Gasteiger partial charge is 0.466 e. The molecule has 0 saturated carbocycles. The van der Waals surface area contributed by atoms with E-state index < -0.39 is 18.0 Å². The van der Waals surface area contributed by atoms with Crippen LogP contribution in [0.25, 0.3) is 0 Å². The summed E-state index contributed by atoms with van der Waals surface area (Å²) in [6, 6.07) is 6.46. The van der Waals surface area contributed by atoms with Crippen LogP contribution in [0.2, 0.25) is 0 Å². The highest BCUT2D eigenvalue weighted by Crippen LogP contribution is 2.31. The molecule has 1 aromatic rings. The number of ether oxygens (including phenoxy) is 2. The third kappa shape index (κ3) is 5.13. The molecule has 0 saturated heterocycles. The number of benzene rings is 1. The molecule has 0 amide bonds. The molecule has 1 aliphatic heterocycles. The van der Waals surface area contributed by atoms with Gasteiger partial charge in [-0.05, 0) is 49.9 Å². The van der Waals surface area contributed by atoms with Crippen molar-refractivity contribution in [2.24, 2.45) is 0 Å². The van der Waals surface area contributed by atoms with Gasteiger partial charge in [-0.15, -0.1) is 0 Å². The smallest absolute Gasteiger partial charge is 0.337 e. The topological polar surface area (TPSA) is 71.1 Å². The molecule has 1 aliphatic rings. The summed E-state index contributed by atoms with van der Waals surface area (Å²) in [5, 5.41) is 3.82. The Morgan fingerprint density at radius 2 is 1.69 bits per heavy atom. The van der Waals surface area contributed by atoms with Gasteiger partial charge in [0.05, 0.1) is 31.4 Å². The maximum absolute atomic E-state index is 12.6. The Kier molecular flexibility index (Phi) is 8.16. The molecule has 0 radical (unpaired) electrons. The average Bonchev–Trinajstić information content (AvgIpc) is 2.74. The molecule has 7 nitrogen and oxygen atoms in total. The second-order valence-electron chi connectivity index (χ2n) is 6.67. The number of hydrogen-bond acceptors (Lipinski definition) is 6. The van der Waals surface area contributed by atoms with Crippen LogP contribution in [0.4, 0.5) is 0 Å². The Bertz CT molecular complexity index is 788. The lowest BCUT2D eigenvalue weighted by molar-refractivity contribution is -0.136. The van der Waals surface area contributed by atoms with E-state index in [2.05, 4.69) is 24.1 Å². The molecule has 0 bridgehead atoms. The Morgan fingerprint density at radius 1 is 1.10 bits per heavy atom. The lowest BCUT2D eigenvalue weighted by Crippen LogP contribution is -2.49. The molecule has 2 rings (SSSR count). The van der Waals surface area contributed by atoms with Crippen LogP contribution in [-0.2, 0) is 14.3 Å². The van der Waals surface area contributed by atoms with Gasteiger partial charge in [0.15, 0.2) is 5.11 Å². The van der Waals surface area contributed by atoms with Crippen molar-refractivity contribution in [1.82, 2.24) is 15.1 Å². The summed E-state index contributed by atoms with van der Waals surface area (Å²) in [7, 11) is 2.71. The van der Waals surface area contributed by atoms with Crippen molar-refractivity contribution in [2.75, 3.05) is 40.4 Å². The number of carbonyl (C=O) groups excluding carboxylic acids is 2.